The molecule has 1 aliphatic heterocycles. The van der Waals surface area contributed by atoms with E-state index in [1.807, 2.05) is 36.4 Å². The zero-order chi connectivity index (χ0) is 19.0. The third kappa shape index (κ3) is 3.52. The summed E-state index contributed by atoms with van der Waals surface area (Å²) in [6, 6.07) is 13.1. The number of para-hydroxylation sites is 1. The third-order valence-electron chi connectivity index (χ3n) is 5.44. The fraction of sp³-hybridized carbons (Fsp3) is 0.333. The van der Waals surface area contributed by atoms with Gasteiger partial charge in [-0.3, -0.25) is 9.59 Å². The summed E-state index contributed by atoms with van der Waals surface area (Å²) >= 11 is 6.22. The Hall–Kier alpha value is -2.53. The lowest BCUT2D eigenvalue weighted by atomic mass is 9.87. The molecule has 2 atom stereocenters. The van der Waals surface area contributed by atoms with Crippen LogP contribution in [0.4, 0.5) is 11.4 Å². The Balaban J connectivity index is 1.47. The summed E-state index contributed by atoms with van der Waals surface area (Å²) in [5.74, 6) is -0.513. The van der Waals surface area contributed by atoms with Gasteiger partial charge < -0.3 is 16.0 Å². The van der Waals surface area contributed by atoms with Gasteiger partial charge in [0.1, 0.15) is 0 Å². The van der Waals surface area contributed by atoms with Crippen LogP contribution in [-0.2, 0) is 16.0 Å². The van der Waals surface area contributed by atoms with Gasteiger partial charge in [-0.2, -0.15) is 0 Å². The number of nitrogen functional groups attached to an aromatic ring is 1. The van der Waals surface area contributed by atoms with Crippen molar-refractivity contribution in [2.45, 2.75) is 31.7 Å². The summed E-state index contributed by atoms with van der Waals surface area (Å²) in [6.07, 6.45) is 3.10. The molecule has 1 heterocycles. The normalized spacial score (nSPS) is 21.8. The minimum atomic E-state index is -0.368. The van der Waals surface area contributed by atoms with Crippen LogP contribution >= 0.6 is 11.6 Å². The van der Waals surface area contributed by atoms with E-state index in [1.165, 1.54) is 5.56 Å². The maximum Gasteiger partial charge on any atom is 0.227 e. The number of hydrogen-bond donors (Lipinski definition) is 2. The average Bonchev–Trinajstić information content (AvgIpc) is 3.04. The van der Waals surface area contributed by atoms with Crippen molar-refractivity contribution in [3.8, 4) is 0 Å². The molecular formula is C21H22ClN3O2. The molecule has 2 aliphatic rings. The van der Waals surface area contributed by atoms with Crippen LogP contribution in [0.3, 0.4) is 0 Å². The van der Waals surface area contributed by atoms with E-state index < -0.39 is 0 Å². The monoisotopic (exact) mass is 383 g/mol. The van der Waals surface area contributed by atoms with Gasteiger partial charge in [0.05, 0.1) is 22.7 Å². The zero-order valence-corrected chi connectivity index (χ0v) is 15.7. The molecule has 27 heavy (non-hydrogen) atoms. The number of aryl methyl sites for hydroxylation is 1. The molecule has 4 rings (SSSR count). The molecule has 0 aromatic heterocycles. The molecule has 1 fully saturated rings. The summed E-state index contributed by atoms with van der Waals surface area (Å²) in [5.41, 5.74) is 9.63. The van der Waals surface area contributed by atoms with Crippen LogP contribution in [-0.4, -0.2) is 18.4 Å². The highest BCUT2D eigenvalue weighted by atomic mass is 35.5. The Morgan fingerprint density at radius 2 is 2.04 bits per heavy atom. The predicted octanol–water partition coefficient (Wildman–Crippen LogP) is 3.47. The van der Waals surface area contributed by atoms with Crippen molar-refractivity contribution < 1.29 is 9.59 Å². The fourth-order valence-electron chi connectivity index (χ4n) is 4.06. The number of nitrogens with two attached hydrogens (primary N) is 1. The van der Waals surface area contributed by atoms with Crippen molar-refractivity contribution in [2.75, 3.05) is 17.2 Å². The highest BCUT2D eigenvalue weighted by molar-refractivity contribution is 6.33. The number of fused-ring (bicyclic) bond motifs is 1. The van der Waals surface area contributed by atoms with Crippen LogP contribution in [0, 0.1) is 5.92 Å². The van der Waals surface area contributed by atoms with Crippen LogP contribution in [0.2, 0.25) is 5.02 Å². The molecule has 2 unspecified atom stereocenters. The van der Waals surface area contributed by atoms with Gasteiger partial charge in [-0.15, -0.1) is 0 Å². The fourth-order valence-corrected chi connectivity index (χ4v) is 4.30. The van der Waals surface area contributed by atoms with Gasteiger partial charge in [-0.05, 0) is 54.7 Å². The lowest BCUT2D eigenvalue weighted by Crippen LogP contribution is -2.36. The van der Waals surface area contributed by atoms with Crippen molar-refractivity contribution in [1.29, 1.82) is 0 Å². The largest absolute Gasteiger partial charge is 0.399 e. The number of carbonyl (C=O) groups excluding carboxylic acids is 2. The second kappa shape index (κ2) is 7.24. The summed E-state index contributed by atoms with van der Waals surface area (Å²) in [4.78, 5) is 26.9. The molecule has 2 aromatic carbocycles. The van der Waals surface area contributed by atoms with Crippen LogP contribution in [0.1, 0.15) is 36.4 Å². The lowest BCUT2D eigenvalue weighted by molar-refractivity contribution is -0.127. The molecule has 2 amide bonds. The number of amides is 2. The Bertz CT molecular complexity index is 899. The first-order valence-electron chi connectivity index (χ1n) is 9.26. The van der Waals surface area contributed by atoms with E-state index in [0.717, 1.165) is 30.5 Å². The smallest absolute Gasteiger partial charge is 0.227 e. The van der Waals surface area contributed by atoms with Gasteiger partial charge in [0.25, 0.3) is 0 Å². The van der Waals surface area contributed by atoms with Crippen molar-refractivity contribution in [1.82, 2.24) is 5.32 Å². The third-order valence-corrected chi connectivity index (χ3v) is 5.76. The number of benzene rings is 2. The first-order valence-corrected chi connectivity index (χ1v) is 9.64. The van der Waals surface area contributed by atoms with Gasteiger partial charge in [-0.1, -0.05) is 29.8 Å². The first kappa shape index (κ1) is 17.9. The van der Waals surface area contributed by atoms with E-state index in [2.05, 4.69) is 5.32 Å². The molecule has 0 bridgehead atoms. The molecule has 140 valence electrons. The SMILES string of the molecule is Nc1ccc2c(c1)CCCC2NC(=O)C1CC(=O)N(c2ccccc2Cl)C1. The average molecular weight is 384 g/mol. The topological polar surface area (TPSA) is 75.4 Å². The molecule has 2 aromatic rings. The van der Waals surface area contributed by atoms with Gasteiger partial charge in [-0.25, -0.2) is 0 Å². The summed E-state index contributed by atoms with van der Waals surface area (Å²) in [6.45, 7) is 0.357. The quantitative estimate of drug-likeness (QED) is 0.797. The van der Waals surface area contributed by atoms with Gasteiger partial charge >= 0.3 is 0 Å². The van der Waals surface area contributed by atoms with Crippen molar-refractivity contribution in [3.63, 3.8) is 0 Å². The molecule has 0 saturated carbocycles. The minimum absolute atomic E-state index is 0.0219. The maximum absolute atomic E-state index is 12.8. The second-order valence-corrected chi connectivity index (χ2v) is 7.68. The van der Waals surface area contributed by atoms with E-state index in [9.17, 15) is 9.59 Å². The molecule has 5 nitrogen and oxygen atoms in total. The van der Waals surface area contributed by atoms with Gasteiger partial charge in [0.2, 0.25) is 11.8 Å². The number of anilines is 2. The number of nitrogens with one attached hydrogen (secondary N) is 1. The Morgan fingerprint density at radius 3 is 2.85 bits per heavy atom. The molecule has 0 radical (unpaired) electrons. The molecule has 0 spiro atoms. The van der Waals surface area contributed by atoms with Crippen LogP contribution < -0.4 is 16.0 Å². The maximum atomic E-state index is 12.8. The highest BCUT2D eigenvalue weighted by Crippen LogP contribution is 2.33. The molecule has 6 heteroatoms. The number of halogens is 1. The lowest BCUT2D eigenvalue weighted by Gasteiger charge is -2.27. The molecular weight excluding hydrogens is 362 g/mol. The predicted molar refractivity (Wildman–Crippen MR) is 107 cm³/mol. The summed E-state index contributed by atoms with van der Waals surface area (Å²) in [5, 5.41) is 3.67. The Kier molecular flexibility index (Phi) is 4.79. The first-order chi connectivity index (χ1) is 13.0. The van der Waals surface area contributed by atoms with E-state index in [1.54, 1.807) is 11.0 Å². The van der Waals surface area contributed by atoms with E-state index in [-0.39, 0.29) is 30.2 Å². The van der Waals surface area contributed by atoms with Crippen LogP contribution in [0.25, 0.3) is 0 Å². The number of carbonyl (C=O) groups is 2. The van der Waals surface area contributed by atoms with Crippen molar-refractivity contribution >= 4 is 34.8 Å². The number of hydrogen-bond acceptors (Lipinski definition) is 3. The Morgan fingerprint density at radius 1 is 1.22 bits per heavy atom. The number of nitrogens with zero attached hydrogens (tertiary/aromatic N) is 1. The van der Waals surface area contributed by atoms with E-state index in [0.29, 0.717) is 17.3 Å². The van der Waals surface area contributed by atoms with Crippen molar-refractivity contribution in [2.24, 2.45) is 5.92 Å². The highest BCUT2D eigenvalue weighted by Gasteiger charge is 2.37. The Labute approximate surface area is 163 Å². The minimum Gasteiger partial charge on any atom is -0.399 e. The number of rotatable bonds is 3. The summed E-state index contributed by atoms with van der Waals surface area (Å²) in [7, 11) is 0. The van der Waals surface area contributed by atoms with E-state index >= 15 is 0 Å². The van der Waals surface area contributed by atoms with Gasteiger partial charge in [0.15, 0.2) is 0 Å². The standard InChI is InChI=1S/C21H22ClN3O2/c22-17-5-1-2-7-19(17)25-12-14(11-20(25)26)21(27)24-18-6-3-4-13-10-15(23)8-9-16(13)18/h1-2,5,7-10,14,18H,3-4,6,11-12,23H2,(H,24,27). The second-order valence-electron chi connectivity index (χ2n) is 7.27. The van der Waals surface area contributed by atoms with E-state index in [4.69, 9.17) is 17.3 Å². The molecule has 3 N–H and O–H groups in total. The van der Waals surface area contributed by atoms with Crippen LogP contribution in [0.5, 0.6) is 0 Å². The zero-order valence-electron chi connectivity index (χ0n) is 15.0. The summed E-state index contributed by atoms with van der Waals surface area (Å²) < 4.78 is 0. The molecule has 1 aliphatic carbocycles. The molecule has 1 saturated heterocycles. The van der Waals surface area contributed by atoms with Crippen molar-refractivity contribution in [3.05, 3.63) is 58.6 Å². The van der Waals surface area contributed by atoms with Crippen LogP contribution in [0.15, 0.2) is 42.5 Å². The van der Waals surface area contributed by atoms with Gasteiger partial charge in [0, 0.05) is 18.7 Å².